The molecule has 0 aliphatic rings. The van der Waals surface area contributed by atoms with E-state index in [4.69, 9.17) is 5.11 Å². The summed E-state index contributed by atoms with van der Waals surface area (Å²) in [5, 5.41) is 8.04. The number of hydrogen-bond acceptors (Lipinski definition) is 3. The average molecular weight is 102 g/mol. The second-order valence-electron chi connectivity index (χ2n) is 1.06. The molecule has 1 N–H and O–H groups in total. The van der Waals surface area contributed by atoms with Crippen LogP contribution in [0.2, 0.25) is 0 Å². The van der Waals surface area contributed by atoms with E-state index in [2.05, 4.69) is 4.65 Å². The van der Waals surface area contributed by atoms with Crippen molar-refractivity contribution in [3.05, 3.63) is 0 Å². The Labute approximate surface area is 42.6 Å². The molecule has 0 saturated heterocycles. The molecular weight excluding hydrogens is 94.8 g/mol. The van der Waals surface area contributed by atoms with Crippen molar-refractivity contribution >= 4 is 13.5 Å². The molecule has 0 fully saturated rings. The molecule has 0 radical (unpaired) electrons. The Hall–Kier alpha value is -0.505. The summed E-state index contributed by atoms with van der Waals surface area (Å²) < 4.78 is 4.30. The highest BCUT2D eigenvalue weighted by Crippen LogP contribution is 1.67. The molecule has 0 aromatic carbocycles. The average Bonchev–Trinajstić information content (AvgIpc) is 1.61. The number of hydrogen-bond donors (Lipinski definition) is 1. The van der Waals surface area contributed by atoms with Gasteiger partial charge in [-0.1, -0.05) is 0 Å². The summed E-state index contributed by atoms with van der Waals surface area (Å²) in [4.78, 5) is 9.87. The minimum atomic E-state index is -0.353. The first-order valence-electron chi connectivity index (χ1n) is 2.01. The lowest BCUT2D eigenvalue weighted by atomic mass is 10.1. The lowest BCUT2D eigenvalue weighted by Crippen LogP contribution is -2.07. The van der Waals surface area contributed by atoms with Crippen LogP contribution in [0.4, 0.5) is 0 Å². The minimum Gasteiger partial charge on any atom is -0.537 e. The van der Waals surface area contributed by atoms with Gasteiger partial charge in [0.2, 0.25) is 0 Å². The second kappa shape index (κ2) is 3.68. The Kier molecular flexibility index (Phi) is 3.41. The molecule has 0 aromatic heterocycles. The molecule has 0 rings (SSSR count). The summed E-state index contributed by atoms with van der Waals surface area (Å²) in [6, 6.07) is 0. The Morgan fingerprint density at radius 3 is 2.71 bits per heavy atom. The number of aliphatic hydroxyl groups excluding tert-OH is 1. The van der Waals surface area contributed by atoms with Crippen LogP contribution in [0.5, 0.6) is 0 Å². The molecule has 3 nitrogen and oxygen atoms in total. The van der Waals surface area contributed by atoms with Gasteiger partial charge < -0.3 is 9.76 Å². The van der Waals surface area contributed by atoms with Gasteiger partial charge in [0.1, 0.15) is 0 Å². The first-order valence-corrected chi connectivity index (χ1v) is 2.01. The monoisotopic (exact) mass is 102 g/mol. The Morgan fingerprint density at radius 2 is 2.57 bits per heavy atom. The third kappa shape index (κ3) is 5.49. The number of carbonyl (C=O) groups is 1. The van der Waals surface area contributed by atoms with Crippen molar-refractivity contribution in [1.29, 1.82) is 0 Å². The fourth-order valence-electron chi connectivity index (χ4n) is 0.189. The van der Waals surface area contributed by atoms with Crippen LogP contribution >= 0.6 is 0 Å². The molecule has 0 aliphatic carbocycles. The van der Waals surface area contributed by atoms with Crippen molar-refractivity contribution in [3.63, 3.8) is 0 Å². The van der Waals surface area contributed by atoms with Crippen LogP contribution in [-0.4, -0.2) is 25.1 Å². The van der Waals surface area contributed by atoms with E-state index in [1.807, 2.05) is 0 Å². The van der Waals surface area contributed by atoms with Gasteiger partial charge in [-0.2, -0.15) is 0 Å². The predicted molar refractivity (Wildman–Crippen MR) is 26.0 cm³/mol. The van der Waals surface area contributed by atoms with Gasteiger partial charge >= 0.3 is 7.48 Å². The standard InChI is InChI=1S/C3H7BO3/c1-3(6)7-4-2-5/h4-5H,2H2,1H3. The Balaban J connectivity index is 2.82. The van der Waals surface area contributed by atoms with Crippen molar-refractivity contribution in [2.24, 2.45) is 0 Å². The van der Waals surface area contributed by atoms with Crippen LogP contribution in [-0.2, 0) is 9.45 Å². The van der Waals surface area contributed by atoms with E-state index in [0.717, 1.165) is 0 Å². The maximum Gasteiger partial charge on any atom is 0.369 e. The SMILES string of the molecule is CC(=O)OBCO. The molecule has 0 saturated carbocycles. The summed E-state index contributed by atoms with van der Waals surface area (Å²) >= 11 is 0. The van der Waals surface area contributed by atoms with Gasteiger partial charge in [0.25, 0.3) is 5.97 Å². The van der Waals surface area contributed by atoms with Gasteiger partial charge in [0, 0.05) is 6.92 Å². The first-order chi connectivity index (χ1) is 3.27. The van der Waals surface area contributed by atoms with E-state index in [9.17, 15) is 4.79 Å². The molecule has 0 atom stereocenters. The van der Waals surface area contributed by atoms with Gasteiger partial charge in [0.05, 0.1) is 6.51 Å². The fraction of sp³-hybridized carbons (Fsp3) is 0.667. The Morgan fingerprint density at radius 1 is 2.00 bits per heavy atom. The smallest absolute Gasteiger partial charge is 0.369 e. The summed E-state index contributed by atoms with van der Waals surface area (Å²) in [6.07, 6.45) is 0. The number of carbonyl (C=O) groups excluding carboxylic acids is 1. The molecule has 4 heteroatoms. The highest BCUT2D eigenvalue weighted by Gasteiger charge is 1.90. The largest absolute Gasteiger partial charge is 0.537 e. The summed E-state index contributed by atoms with van der Waals surface area (Å²) in [6.45, 7) is 1.20. The Bertz CT molecular complexity index is 63.2. The second-order valence-corrected chi connectivity index (χ2v) is 1.06. The van der Waals surface area contributed by atoms with Crippen LogP contribution < -0.4 is 0 Å². The zero-order valence-corrected chi connectivity index (χ0v) is 4.18. The highest BCUT2D eigenvalue weighted by atomic mass is 16.5. The maximum atomic E-state index is 9.87. The van der Waals surface area contributed by atoms with Crippen molar-refractivity contribution in [2.45, 2.75) is 6.92 Å². The van der Waals surface area contributed by atoms with Crippen molar-refractivity contribution < 1.29 is 14.6 Å². The topological polar surface area (TPSA) is 46.5 Å². The van der Waals surface area contributed by atoms with E-state index < -0.39 is 0 Å². The van der Waals surface area contributed by atoms with Crippen LogP contribution in [0, 0.1) is 0 Å². The van der Waals surface area contributed by atoms with Crippen molar-refractivity contribution in [2.75, 3.05) is 6.51 Å². The van der Waals surface area contributed by atoms with E-state index >= 15 is 0 Å². The minimum absolute atomic E-state index is 0.0976. The zero-order valence-electron chi connectivity index (χ0n) is 4.18. The molecule has 40 valence electrons. The summed E-state index contributed by atoms with van der Waals surface area (Å²) in [5.41, 5.74) is 0. The molecule has 0 unspecified atom stereocenters. The van der Waals surface area contributed by atoms with Crippen LogP contribution in [0.3, 0.4) is 0 Å². The van der Waals surface area contributed by atoms with Crippen molar-refractivity contribution in [3.8, 4) is 0 Å². The maximum absolute atomic E-state index is 9.87. The zero-order chi connectivity index (χ0) is 5.70. The normalized spacial score (nSPS) is 7.71. The predicted octanol–water partition coefficient (Wildman–Crippen LogP) is -1.15. The van der Waals surface area contributed by atoms with Crippen LogP contribution in [0.25, 0.3) is 0 Å². The number of aliphatic hydroxyl groups is 1. The van der Waals surface area contributed by atoms with Gasteiger partial charge in [-0.05, 0) is 0 Å². The molecule has 0 heterocycles. The van der Waals surface area contributed by atoms with E-state index in [1.165, 1.54) is 6.92 Å². The van der Waals surface area contributed by atoms with Crippen molar-refractivity contribution in [1.82, 2.24) is 0 Å². The van der Waals surface area contributed by atoms with E-state index in [0.29, 0.717) is 0 Å². The van der Waals surface area contributed by atoms with Crippen LogP contribution in [0.1, 0.15) is 6.92 Å². The lowest BCUT2D eigenvalue weighted by molar-refractivity contribution is -0.132. The molecule has 0 spiro atoms. The molecule has 0 aliphatic heterocycles. The van der Waals surface area contributed by atoms with E-state index in [-0.39, 0.29) is 20.0 Å². The lowest BCUT2D eigenvalue weighted by Gasteiger charge is -1.91. The first kappa shape index (κ1) is 6.49. The third-order valence-electron chi connectivity index (χ3n) is 0.397. The molecule has 0 aromatic rings. The van der Waals surface area contributed by atoms with Crippen LogP contribution in [0.15, 0.2) is 0 Å². The molecule has 7 heavy (non-hydrogen) atoms. The van der Waals surface area contributed by atoms with Gasteiger partial charge in [-0.3, -0.25) is 4.79 Å². The fourth-order valence-corrected chi connectivity index (χ4v) is 0.189. The molecular formula is C3H7BO3. The van der Waals surface area contributed by atoms with Gasteiger partial charge in [0.15, 0.2) is 0 Å². The summed E-state index contributed by atoms with van der Waals surface area (Å²) in [7, 11) is 0.106. The van der Waals surface area contributed by atoms with E-state index in [1.54, 1.807) is 0 Å². The number of rotatable bonds is 2. The third-order valence-corrected chi connectivity index (χ3v) is 0.397. The molecule has 0 bridgehead atoms. The van der Waals surface area contributed by atoms with Gasteiger partial charge in [-0.25, -0.2) is 0 Å². The quantitative estimate of drug-likeness (QED) is 0.448. The summed E-state index contributed by atoms with van der Waals surface area (Å²) in [5.74, 6) is -0.353. The highest BCUT2D eigenvalue weighted by molar-refractivity contribution is 6.29. The van der Waals surface area contributed by atoms with Gasteiger partial charge in [-0.15, -0.1) is 0 Å². The molecule has 0 amide bonds.